The molecule has 34 heavy (non-hydrogen) atoms. The summed E-state index contributed by atoms with van der Waals surface area (Å²) in [5, 5.41) is 0. The number of carbonyl (C=O) groups is 2. The quantitative estimate of drug-likeness (QED) is 0.445. The molecule has 182 valence electrons. The van der Waals surface area contributed by atoms with Gasteiger partial charge in [0, 0.05) is 30.8 Å². The average molecular weight is 480 g/mol. The normalized spacial score (nSPS) is 22.2. The minimum atomic E-state index is -4.73. The molecule has 2 aromatic rings. The van der Waals surface area contributed by atoms with Gasteiger partial charge in [-0.15, -0.1) is 13.2 Å². The van der Waals surface area contributed by atoms with Crippen LogP contribution in [0.5, 0.6) is 11.5 Å². The first-order valence-electron chi connectivity index (χ1n) is 10.6. The van der Waals surface area contributed by atoms with Gasteiger partial charge >= 0.3 is 12.3 Å². The van der Waals surface area contributed by atoms with Crippen molar-refractivity contribution >= 4 is 11.9 Å². The van der Waals surface area contributed by atoms with Crippen molar-refractivity contribution in [1.29, 1.82) is 0 Å². The number of fused-ring (bicyclic) bond motifs is 1. The Morgan fingerprint density at radius 3 is 2.76 bits per heavy atom. The standard InChI is InChI=1S/C23H23F3N2O6/c1-31-18-12-15(5-6-17(18)32-10-11-34-23(24,25)26)20(29)28-9-7-22(19-4-2-3-8-27-19)16(13-28)14-33-21(22)30/h2-6,8,12,16H,7,9-11,13-14H2,1H3. The topological polar surface area (TPSA) is 87.2 Å². The molecule has 0 radical (unpaired) electrons. The highest BCUT2D eigenvalue weighted by molar-refractivity contribution is 5.95. The average Bonchev–Trinajstić information content (AvgIpc) is 3.18. The fourth-order valence-corrected chi connectivity index (χ4v) is 4.46. The number of esters is 1. The van der Waals surface area contributed by atoms with Crippen molar-refractivity contribution in [2.24, 2.45) is 5.92 Å². The number of amides is 1. The molecule has 0 saturated carbocycles. The predicted octanol–water partition coefficient (Wildman–Crippen LogP) is 2.96. The molecule has 0 spiro atoms. The van der Waals surface area contributed by atoms with E-state index in [4.69, 9.17) is 14.2 Å². The van der Waals surface area contributed by atoms with Gasteiger partial charge < -0.3 is 19.1 Å². The lowest BCUT2D eigenvalue weighted by atomic mass is 9.69. The van der Waals surface area contributed by atoms with E-state index in [0.29, 0.717) is 30.8 Å². The predicted molar refractivity (Wildman–Crippen MR) is 111 cm³/mol. The lowest BCUT2D eigenvalue weighted by Crippen LogP contribution is -2.53. The highest BCUT2D eigenvalue weighted by atomic mass is 19.4. The van der Waals surface area contributed by atoms with E-state index in [1.807, 2.05) is 6.07 Å². The van der Waals surface area contributed by atoms with Crippen LogP contribution in [-0.4, -0.2) is 68.1 Å². The second-order valence-electron chi connectivity index (χ2n) is 7.99. The number of piperidine rings is 1. The maximum Gasteiger partial charge on any atom is 0.522 e. The van der Waals surface area contributed by atoms with Crippen LogP contribution in [0.4, 0.5) is 13.2 Å². The molecule has 2 saturated heterocycles. The van der Waals surface area contributed by atoms with E-state index >= 15 is 0 Å². The van der Waals surface area contributed by atoms with Gasteiger partial charge in [0.2, 0.25) is 0 Å². The second kappa shape index (κ2) is 9.49. The van der Waals surface area contributed by atoms with Gasteiger partial charge in [0.05, 0.1) is 26.0 Å². The molecule has 3 heterocycles. The molecule has 2 fully saturated rings. The van der Waals surface area contributed by atoms with E-state index in [9.17, 15) is 22.8 Å². The zero-order valence-electron chi connectivity index (χ0n) is 18.3. The summed E-state index contributed by atoms with van der Waals surface area (Å²) < 4.78 is 55.9. The largest absolute Gasteiger partial charge is 0.522 e. The molecule has 11 heteroatoms. The minimum absolute atomic E-state index is 0.187. The number of benzene rings is 1. The van der Waals surface area contributed by atoms with Crippen LogP contribution >= 0.6 is 0 Å². The van der Waals surface area contributed by atoms with Gasteiger partial charge in [0.1, 0.15) is 12.0 Å². The number of rotatable bonds is 7. The van der Waals surface area contributed by atoms with Crippen LogP contribution in [0, 0.1) is 5.92 Å². The summed E-state index contributed by atoms with van der Waals surface area (Å²) in [6, 6.07) is 9.85. The van der Waals surface area contributed by atoms with E-state index < -0.39 is 18.4 Å². The Hall–Kier alpha value is -3.34. The first-order chi connectivity index (χ1) is 16.2. The monoisotopic (exact) mass is 480 g/mol. The number of pyridine rings is 1. The second-order valence-corrected chi connectivity index (χ2v) is 7.99. The Balaban J connectivity index is 1.45. The Morgan fingerprint density at radius 2 is 2.06 bits per heavy atom. The van der Waals surface area contributed by atoms with Crippen molar-refractivity contribution in [2.75, 3.05) is 40.0 Å². The summed E-state index contributed by atoms with van der Waals surface area (Å²) in [6.45, 7) is -0.177. The molecule has 2 aliphatic heterocycles. The highest BCUT2D eigenvalue weighted by Gasteiger charge is 2.57. The van der Waals surface area contributed by atoms with Crippen LogP contribution in [0.15, 0.2) is 42.6 Å². The number of halogens is 3. The number of carbonyl (C=O) groups excluding carboxylic acids is 2. The fourth-order valence-electron chi connectivity index (χ4n) is 4.46. The van der Waals surface area contributed by atoms with Crippen molar-refractivity contribution in [3.63, 3.8) is 0 Å². The first kappa shape index (κ1) is 23.8. The van der Waals surface area contributed by atoms with E-state index in [-0.39, 0.29) is 42.5 Å². The molecular weight excluding hydrogens is 457 g/mol. The Morgan fingerprint density at radius 1 is 1.24 bits per heavy atom. The van der Waals surface area contributed by atoms with Crippen LogP contribution in [-0.2, 0) is 19.7 Å². The maximum absolute atomic E-state index is 13.2. The highest BCUT2D eigenvalue weighted by Crippen LogP contribution is 2.44. The Labute approximate surface area is 193 Å². The lowest BCUT2D eigenvalue weighted by molar-refractivity contribution is -0.325. The van der Waals surface area contributed by atoms with Gasteiger partial charge in [0.15, 0.2) is 11.5 Å². The van der Waals surface area contributed by atoms with E-state index in [0.717, 1.165) is 0 Å². The van der Waals surface area contributed by atoms with Crippen LogP contribution in [0.1, 0.15) is 22.5 Å². The molecule has 1 aromatic heterocycles. The number of methoxy groups -OCH3 is 1. The van der Waals surface area contributed by atoms with Gasteiger partial charge in [-0.2, -0.15) is 0 Å². The molecule has 0 aliphatic carbocycles. The number of hydrogen-bond donors (Lipinski definition) is 0. The molecule has 8 nitrogen and oxygen atoms in total. The third-order valence-corrected chi connectivity index (χ3v) is 6.12. The van der Waals surface area contributed by atoms with E-state index in [1.165, 1.54) is 25.3 Å². The number of ether oxygens (including phenoxy) is 4. The molecule has 2 atom stereocenters. The Bertz CT molecular complexity index is 1050. The smallest absolute Gasteiger partial charge is 0.493 e. The molecule has 1 amide bonds. The molecule has 2 aliphatic rings. The number of likely N-dealkylation sites (tertiary alicyclic amines) is 1. The zero-order valence-corrected chi connectivity index (χ0v) is 18.3. The van der Waals surface area contributed by atoms with Gasteiger partial charge in [0.25, 0.3) is 5.91 Å². The molecule has 4 rings (SSSR count). The summed E-state index contributed by atoms with van der Waals surface area (Å²) >= 11 is 0. The third-order valence-electron chi connectivity index (χ3n) is 6.12. The van der Waals surface area contributed by atoms with E-state index in [1.54, 1.807) is 23.2 Å². The molecule has 0 N–H and O–H groups in total. The first-order valence-corrected chi connectivity index (χ1v) is 10.6. The Kier molecular flexibility index (Phi) is 6.65. The maximum atomic E-state index is 13.2. The van der Waals surface area contributed by atoms with E-state index in [2.05, 4.69) is 9.72 Å². The minimum Gasteiger partial charge on any atom is -0.493 e. The number of hydrogen-bond acceptors (Lipinski definition) is 7. The SMILES string of the molecule is COc1cc(C(=O)N2CCC3(c4ccccn4)C(=O)OCC3C2)ccc1OCCOC(F)(F)F. The summed E-state index contributed by atoms with van der Waals surface area (Å²) in [7, 11) is 1.37. The van der Waals surface area contributed by atoms with Crippen molar-refractivity contribution < 1.29 is 41.7 Å². The summed E-state index contributed by atoms with van der Waals surface area (Å²) in [6.07, 6.45) is -2.71. The fraction of sp³-hybridized carbons (Fsp3) is 0.435. The summed E-state index contributed by atoms with van der Waals surface area (Å²) in [5.74, 6) is -0.421. The molecule has 0 bridgehead atoms. The van der Waals surface area contributed by atoms with Gasteiger partial charge in [-0.3, -0.25) is 19.3 Å². The number of cyclic esters (lactones) is 1. The molecular formula is C23H23F3N2O6. The van der Waals surface area contributed by atoms with Crippen LogP contribution in [0.3, 0.4) is 0 Å². The zero-order chi connectivity index (χ0) is 24.3. The number of nitrogens with zero attached hydrogens (tertiary/aromatic N) is 2. The van der Waals surface area contributed by atoms with Crippen molar-refractivity contribution in [1.82, 2.24) is 9.88 Å². The number of aromatic nitrogens is 1. The van der Waals surface area contributed by atoms with Crippen molar-refractivity contribution in [2.45, 2.75) is 18.2 Å². The van der Waals surface area contributed by atoms with Crippen LogP contribution in [0.2, 0.25) is 0 Å². The van der Waals surface area contributed by atoms with Crippen molar-refractivity contribution in [3.05, 3.63) is 53.9 Å². The summed E-state index contributed by atoms with van der Waals surface area (Å²) in [4.78, 5) is 31.9. The van der Waals surface area contributed by atoms with Gasteiger partial charge in [-0.1, -0.05) is 6.07 Å². The van der Waals surface area contributed by atoms with Gasteiger partial charge in [-0.25, -0.2) is 0 Å². The molecule has 2 unspecified atom stereocenters. The van der Waals surface area contributed by atoms with Crippen molar-refractivity contribution in [3.8, 4) is 11.5 Å². The number of alkyl halides is 3. The lowest BCUT2D eigenvalue weighted by Gasteiger charge is -2.40. The summed E-state index contributed by atoms with van der Waals surface area (Å²) in [5.41, 5.74) is 0.102. The molecule has 1 aromatic carbocycles. The van der Waals surface area contributed by atoms with Gasteiger partial charge in [-0.05, 0) is 36.8 Å². The van der Waals surface area contributed by atoms with Crippen LogP contribution in [0.25, 0.3) is 0 Å². The van der Waals surface area contributed by atoms with Crippen LogP contribution < -0.4 is 9.47 Å². The third kappa shape index (κ3) is 4.65.